The Morgan fingerprint density at radius 2 is 2.25 bits per heavy atom. The van der Waals surface area contributed by atoms with E-state index >= 15 is 0 Å². The summed E-state index contributed by atoms with van der Waals surface area (Å²) in [6.07, 6.45) is 1.86. The molecule has 2 aliphatic heterocycles. The molecule has 0 aliphatic carbocycles. The summed E-state index contributed by atoms with van der Waals surface area (Å²) in [4.78, 5) is 11.3. The summed E-state index contributed by atoms with van der Waals surface area (Å²) in [5.74, 6) is -0.124. The van der Waals surface area contributed by atoms with Gasteiger partial charge in [0.05, 0.1) is 11.5 Å². The summed E-state index contributed by atoms with van der Waals surface area (Å²) in [6, 6.07) is 3.15. The number of hydrogen-bond donors (Lipinski definition) is 1. The maximum absolute atomic E-state index is 14.2. The van der Waals surface area contributed by atoms with Crippen LogP contribution in [-0.2, 0) is 16.0 Å². The molecule has 1 amide bonds. The lowest BCUT2D eigenvalue weighted by Crippen LogP contribution is -2.22. The van der Waals surface area contributed by atoms with Gasteiger partial charge in [0.15, 0.2) is 0 Å². The number of aryl methyl sites for hydroxylation is 1. The molecule has 1 N–H and O–H groups in total. The van der Waals surface area contributed by atoms with Crippen LogP contribution in [-0.4, -0.2) is 18.6 Å². The average Bonchev–Trinajstić information content (AvgIpc) is 2.83. The number of anilines is 1. The molecule has 5 heteroatoms. The molecule has 2 heterocycles. The molecule has 3 atom stereocenters. The van der Waals surface area contributed by atoms with Gasteiger partial charge in [0, 0.05) is 24.3 Å². The van der Waals surface area contributed by atoms with Crippen molar-refractivity contribution in [3.8, 4) is 0 Å². The summed E-state index contributed by atoms with van der Waals surface area (Å²) < 4.78 is 19.9. The van der Waals surface area contributed by atoms with Crippen molar-refractivity contribution in [2.24, 2.45) is 5.92 Å². The summed E-state index contributed by atoms with van der Waals surface area (Å²) >= 11 is 6.43. The van der Waals surface area contributed by atoms with Crippen LogP contribution in [0.1, 0.15) is 36.3 Å². The highest BCUT2D eigenvalue weighted by Gasteiger charge is 2.34. The fourth-order valence-electron chi connectivity index (χ4n) is 2.90. The lowest BCUT2D eigenvalue weighted by molar-refractivity contribution is -0.116. The Morgan fingerprint density at radius 1 is 1.45 bits per heavy atom. The van der Waals surface area contributed by atoms with Gasteiger partial charge in [0.2, 0.25) is 5.91 Å². The molecule has 1 aromatic rings. The van der Waals surface area contributed by atoms with Crippen LogP contribution in [0.15, 0.2) is 12.1 Å². The van der Waals surface area contributed by atoms with Gasteiger partial charge in [0.1, 0.15) is 5.82 Å². The van der Waals surface area contributed by atoms with E-state index < -0.39 is 5.38 Å². The van der Waals surface area contributed by atoms with Crippen molar-refractivity contribution in [2.45, 2.75) is 37.7 Å². The fourth-order valence-corrected chi connectivity index (χ4v) is 3.39. The summed E-state index contributed by atoms with van der Waals surface area (Å²) in [5.41, 5.74) is 1.98. The van der Waals surface area contributed by atoms with Gasteiger partial charge < -0.3 is 10.1 Å². The fraction of sp³-hybridized carbons (Fsp3) is 0.533. The number of alkyl halides is 1. The Balaban J connectivity index is 1.92. The van der Waals surface area contributed by atoms with E-state index in [2.05, 4.69) is 12.2 Å². The molecule has 0 bridgehead atoms. The monoisotopic (exact) mass is 297 g/mol. The standard InChI is InChI=1S/C15H17ClFNO2/c1-8-4-5-20-15(8)14(16)10-6-9-2-3-13(19)18-12(9)7-11(10)17/h6-8,14-15H,2-5H2,1H3,(H,18,19). The van der Waals surface area contributed by atoms with Crippen LogP contribution in [0, 0.1) is 11.7 Å². The minimum atomic E-state index is -0.490. The quantitative estimate of drug-likeness (QED) is 0.850. The first-order valence-electron chi connectivity index (χ1n) is 6.94. The molecule has 0 spiro atoms. The number of benzene rings is 1. The van der Waals surface area contributed by atoms with Gasteiger partial charge in [-0.05, 0) is 36.5 Å². The lowest BCUT2D eigenvalue weighted by atomic mass is 9.93. The Kier molecular flexibility index (Phi) is 3.69. The van der Waals surface area contributed by atoms with Gasteiger partial charge in [-0.15, -0.1) is 11.6 Å². The molecule has 108 valence electrons. The molecule has 3 rings (SSSR count). The van der Waals surface area contributed by atoms with Gasteiger partial charge in [-0.1, -0.05) is 6.92 Å². The van der Waals surface area contributed by atoms with E-state index in [0.29, 0.717) is 36.6 Å². The smallest absolute Gasteiger partial charge is 0.224 e. The third-order valence-corrected chi connectivity index (χ3v) is 4.63. The molecular weight excluding hydrogens is 281 g/mol. The summed E-state index contributed by atoms with van der Waals surface area (Å²) in [7, 11) is 0. The highest BCUT2D eigenvalue weighted by molar-refractivity contribution is 6.21. The van der Waals surface area contributed by atoms with Crippen LogP contribution in [0.4, 0.5) is 10.1 Å². The van der Waals surface area contributed by atoms with E-state index in [-0.39, 0.29) is 17.8 Å². The second-order valence-corrected chi connectivity index (χ2v) is 6.05. The average molecular weight is 298 g/mol. The number of ether oxygens (including phenoxy) is 1. The molecule has 20 heavy (non-hydrogen) atoms. The topological polar surface area (TPSA) is 38.3 Å². The first-order valence-corrected chi connectivity index (χ1v) is 7.37. The molecule has 1 fully saturated rings. The number of hydrogen-bond acceptors (Lipinski definition) is 2. The van der Waals surface area contributed by atoms with Crippen LogP contribution in [0.25, 0.3) is 0 Å². The van der Waals surface area contributed by atoms with Crippen LogP contribution >= 0.6 is 11.6 Å². The number of fused-ring (bicyclic) bond motifs is 1. The van der Waals surface area contributed by atoms with Gasteiger partial charge in [-0.25, -0.2) is 4.39 Å². The van der Waals surface area contributed by atoms with Crippen LogP contribution in [0.3, 0.4) is 0 Å². The zero-order valence-electron chi connectivity index (χ0n) is 11.3. The second-order valence-electron chi connectivity index (χ2n) is 5.58. The minimum absolute atomic E-state index is 0.0696. The number of carbonyl (C=O) groups excluding carboxylic acids is 1. The predicted octanol–water partition coefficient (Wildman–Crippen LogP) is 3.42. The summed E-state index contributed by atoms with van der Waals surface area (Å²) in [5, 5.41) is 2.20. The number of amides is 1. The molecule has 0 aromatic heterocycles. The van der Waals surface area contributed by atoms with Crippen molar-refractivity contribution in [2.75, 3.05) is 11.9 Å². The van der Waals surface area contributed by atoms with E-state index in [4.69, 9.17) is 16.3 Å². The normalized spacial score (nSPS) is 27.1. The van der Waals surface area contributed by atoms with Crippen molar-refractivity contribution < 1.29 is 13.9 Å². The lowest BCUT2D eigenvalue weighted by Gasteiger charge is -2.24. The molecule has 0 radical (unpaired) electrons. The highest BCUT2D eigenvalue weighted by atomic mass is 35.5. The van der Waals surface area contributed by atoms with Crippen LogP contribution < -0.4 is 5.32 Å². The third-order valence-electron chi connectivity index (χ3n) is 4.15. The van der Waals surface area contributed by atoms with Gasteiger partial charge >= 0.3 is 0 Å². The molecular formula is C15H17ClFNO2. The molecule has 1 saturated heterocycles. The van der Waals surface area contributed by atoms with E-state index in [0.717, 1.165) is 12.0 Å². The van der Waals surface area contributed by atoms with Crippen LogP contribution in [0.2, 0.25) is 0 Å². The molecule has 3 unspecified atom stereocenters. The second kappa shape index (κ2) is 5.34. The van der Waals surface area contributed by atoms with Crippen molar-refractivity contribution in [3.05, 3.63) is 29.1 Å². The zero-order valence-corrected chi connectivity index (χ0v) is 12.0. The Hall–Kier alpha value is -1.13. The van der Waals surface area contributed by atoms with E-state index in [1.807, 2.05) is 0 Å². The first-order chi connectivity index (χ1) is 9.56. The van der Waals surface area contributed by atoms with E-state index in [1.165, 1.54) is 6.07 Å². The first kappa shape index (κ1) is 13.8. The van der Waals surface area contributed by atoms with Crippen molar-refractivity contribution in [1.29, 1.82) is 0 Å². The molecule has 1 aromatic carbocycles. The van der Waals surface area contributed by atoms with Crippen molar-refractivity contribution >= 4 is 23.2 Å². The Bertz CT molecular complexity index is 549. The van der Waals surface area contributed by atoms with Crippen molar-refractivity contribution in [1.82, 2.24) is 0 Å². The van der Waals surface area contributed by atoms with Crippen molar-refractivity contribution in [3.63, 3.8) is 0 Å². The molecule has 2 aliphatic rings. The van der Waals surface area contributed by atoms with Crippen LogP contribution in [0.5, 0.6) is 0 Å². The SMILES string of the molecule is CC1CCOC1C(Cl)c1cc2c(cc1F)NC(=O)CC2. The van der Waals surface area contributed by atoms with Gasteiger partial charge in [0.25, 0.3) is 0 Å². The Morgan fingerprint density at radius 3 is 2.95 bits per heavy atom. The maximum Gasteiger partial charge on any atom is 0.224 e. The number of carbonyl (C=O) groups is 1. The number of halogens is 2. The summed E-state index contributed by atoms with van der Waals surface area (Å²) in [6.45, 7) is 2.75. The largest absolute Gasteiger partial charge is 0.376 e. The minimum Gasteiger partial charge on any atom is -0.376 e. The number of nitrogens with one attached hydrogen (secondary N) is 1. The zero-order chi connectivity index (χ0) is 14.3. The van der Waals surface area contributed by atoms with E-state index in [9.17, 15) is 9.18 Å². The van der Waals surface area contributed by atoms with Gasteiger partial charge in [-0.3, -0.25) is 4.79 Å². The highest BCUT2D eigenvalue weighted by Crippen LogP contribution is 2.39. The Labute approximate surface area is 122 Å². The van der Waals surface area contributed by atoms with Gasteiger partial charge in [-0.2, -0.15) is 0 Å². The third kappa shape index (κ3) is 2.42. The molecule has 3 nitrogen and oxygen atoms in total. The number of rotatable bonds is 2. The predicted molar refractivity (Wildman–Crippen MR) is 75.5 cm³/mol. The maximum atomic E-state index is 14.2. The van der Waals surface area contributed by atoms with E-state index in [1.54, 1.807) is 6.07 Å². The molecule has 0 saturated carbocycles.